The highest BCUT2D eigenvalue weighted by Gasteiger charge is 1.98. The van der Waals surface area contributed by atoms with Crippen LogP contribution in [0.3, 0.4) is 0 Å². The summed E-state index contributed by atoms with van der Waals surface area (Å²) >= 11 is 0. The molecule has 1 N–H and O–H groups in total. The van der Waals surface area contributed by atoms with E-state index in [9.17, 15) is 9.59 Å². The van der Waals surface area contributed by atoms with Crippen molar-refractivity contribution in [3.05, 3.63) is 28.2 Å². The van der Waals surface area contributed by atoms with Gasteiger partial charge < -0.3 is 9.72 Å². The van der Waals surface area contributed by atoms with E-state index >= 15 is 0 Å². The second-order valence-electron chi connectivity index (χ2n) is 1.94. The predicted octanol–water partition coefficient (Wildman–Crippen LogP) is 0.196. The van der Waals surface area contributed by atoms with Gasteiger partial charge in [-0.15, -0.1) is 0 Å². The average Bonchev–Trinajstić information content (AvgIpc) is 2.04. The molecule has 0 aromatic carbocycles. The van der Waals surface area contributed by atoms with E-state index in [0.29, 0.717) is 6.29 Å². The zero-order chi connectivity index (χ0) is 8.27. The SMILES string of the molecule is COc1c[nH]c(C=O)cc1=O. The molecule has 0 bridgehead atoms. The number of carbonyl (C=O) groups excluding carboxylic acids is 1. The Bertz CT molecular complexity index is 316. The standard InChI is InChI=1S/C7H7NO3/c1-11-7-3-8-5(4-9)2-6(7)10/h2-4H,1H3,(H,8,10). The van der Waals surface area contributed by atoms with Crippen molar-refractivity contribution in [3.63, 3.8) is 0 Å². The molecule has 0 spiro atoms. The molecular formula is C7H7NO3. The topological polar surface area (TPSA) is 59.2 Å². The largest absolute Gasteiger partial charge is 0.491 e. The lowest BCUT2D eigenvalue weighted by molar-refractivity contribution is 0.111. The zero-order valence-electron chi connectivity index (χ0n) is 5.96. The molecule has 0 saturated carbocycles. The van der Waals surface area contributed by atoms with Crippen LogP contribution in [0.25, 0.3) is 0 Å². The summed E-state index contributed by atoms with van der Waals surface area (Å²) in [4.78, 5) is 23.7. The molecule has 0 saturated heterocycles. The number of aldehydes is 1. The Labute approximate surface area is 62.8 Å². The lowest BCUT2D eigenvalue weighted by atomic mass is 10.3. The van der Waals surface area contributed by atoms with E-state index in [-0.39, 0.29) is 16.9 Å². The smallest absolute Gasteiger partial charge is 0.224 e. The monoisotopic (exact) mass is 153 g/mol. The van der Waals surface area contributed by atoms with Gasteiger partial charge in [-0.2, -0.15) is 0 Å². The van der Waals surface area contributed by atoms with Crippen molar-refractivity contribution in [3.8, 4) is 5.75 Å². The van der Waals surface area contributed by atoms with E-state index in [1.165, 1.54) is 19.4 Å². The van der Waals surface area contributed by atoms with E-state index in [1.807, 2.05) is 0 Å². The van der Waals surface area contributed by atoms with E-state index in [0.717, 1.165) is 0 Å². The minimum Gasteiger partial charge on any atom is -0.491 e. The maximum Gasteiger partial charge on any atom is 0.224 e. The van der Waals surface area contributed by atoms with Gasteiger partial charge in [0.1, 0.15) is 0 Å². The van der Waals surface area contributed by atoms with E-state index in [4.69, 9.17) is 0 Å². The first-order valence-corrected chi connectivity index (χ1v) is 3.00. The molecule has 0 atom stereocenters. The third kappa shape index (κ3) is 1.46. The number of nitrogens with one attached hydrogen (secondary N) is 1. The average molecular weight is 153 g/mol. The van der Waals surface area contributed by atoms with Crippen molar-refractivity contribution >= 4 is 6.29 Å². The van der Waals surface area contributed by atoms with Crippen LogP contribution in [0.1, 0.15) is 10.5 Å². The molecule has 4 nitrogen and oxygen atoms in total. The van der Waals surface area contributed by atoms with Crippen LogP contribution in [0.2, 0.25) is 0 Å². The minimum absolute atomic E-state index is 0.204. The Morgan fingerprint density at radius 1 is 1.64 bits per heavy atom. The summed E-state index contributed by atoms with van der Waals surface area (Å²) in [6.07, 6.45) is 1.92. The van der Waals surface area contributed by atoms with E-state index in [1.54, 1.807) is 0 Å². The molecular weight excluding hydrogens is 146 g/mol. The molecule has 1 aromatic rings. The van der Waals surface area contributed by atoms with Crippen LogP contribution in [0.15, 0.2) is 17.1 Å². The van der Waals surface area contributed by atoms with Crippen LogP contribution < -0.4 is 10.2 Å². The van der Waals surface area contributed by atoms with Crippen molar-refractivity contribution in [2.45, 2.75) is 0 Å². The highest BCUT2D eigenvalue weighted by molar-refractivity contribution is 5.71. The Morgan fingerprint density at radius 3 is 2.82 bits per heavy atom. The summed E-state index contributed by atoms with van der Waals surface area (Å²) in [7, 11) is 1.39. The van der Waals surface area contributed by atoms with Crippen molar-refractivity contribution in [1.82, 2.24) is 4.98 Å². The maximum absolute atomic E-state index is 10.9. The summed E-state index contributed by atoms with van der Waals surface area (Å²) in [5, 5.41) is 0. The molecule has 0 aliphatic rings. The number of rotatable bonds is 2. The van der Waals surface area contributed by atoms with Gasteiger partial charge in [0, 0.05) is 12.3 Å². The van der Waals surface area contributed by atoms with Crippen LogP contribution >= 0.6 is 0 Å². The fraction of sp³-hybridized carbons (Fsp3) is 0.143. The third-order valence-corrected chi connectivity index (χ3v) is 1.25. The van der Waals surface area contributed by atoms with Crippen molar-refractivity contribution < 1.29 is 9.53 Å². The normalized spacial score (nSPS) is 9.18. The van der Waals surface area contributed by atoms with Crippen LogP contribution in [0, 0.1) is 0 Å². The van der Waals surface area contributed by atoms with Gasteiger partial charge in [0.2, 0.25) is 5.43 Å². The molecule has 4 heteroatoms. The number of carbonyl (C=O) groups is 1. The number of hydrogen-bond donors (Lipinski definition) is 1. The van der Waals surface area contributed by atoms with Gasteiger partial charge >= 0.3 is 0 Å². The summed E-state index contributed by atoms with van der Waals surface area (Å²) in [5.74, 6) is 0.204. The van der Waals surface area contributed by atoms with Gasteiger partial charge in [0.25, 0.3) is 0 Å². The van der Waals surface area contributed by atoms with Crippen LogP contribution in [0.5, 0.6) is 5.75 Å². The van der Waals surface area contributed by atoms with Gasteiger partial charge in [-0.05, 0) is 0 Å². The molecule has 0 fully saturated rings. The number of ether oxygens (including phenoxy) is 1. The molecule has 0 radical (unpaired) electrons. The summed E-state index contributed by atoms with van der Waals surface area (Å²) < 4.78 is 4.68. The minimum atomic E-state index is -0.298. The molecule has 1 heterocycles. The summed E-state index contributed by atoms with van der Waals surface area (Å²) in [5.41, 5.74) is -0.0517. The van der Waals surface area contributed by atoms with Gasteiger partial charge in [-0.1, -0.05) is 0 Å². The molecule has 0 unspecified atom stereocenters. The fourth-order valence-corrected chi connectivity index (χ4v) is 0.702. The number of hydrogen-bond acceptors (Lipinski definition) is 3. The highest BCUT2D eigenvalue weighted by atomic mass is 16.5. The lowest BCUT2D eigenvalue weighted by Gasteiger charge is -1.96. The molecule has 0 aliphatic heterocycles. The van der Waals surface area contributed by atoms with Crippen LogP contribution in [0.4, 0.5) is 0 Å². The van der Waals surface area contributed by atoms with Crippen LogP contribution in [-0.4, -0.2) is 18.4 Å². The van der Waals surface area contributed by atoms with E-state index < -0.39 is 0 Å². The first kappa shape index (κ1) is 7.53. The number of aromatic amines is 1. The number of aromatic nitrogens is 1. The molecule has 0 amide bonds. The first-order chi connectivity index (χ1) is 5.27. The Hall–Kier alpha value is -1.58. The third-order valence-electron chi connectivity index (χ3n) is 1.25. The number of methoxy groups -OCH3 is 1. The van der Waals surface area contributed by atoms with Crippen molar-refractivity contribution in [2.75, 3.05) is 7.11 Å². The molecule has 11 heavy (non-hydrogen) atoms. The van der Waals surface area contributed by atoms with Gasteiger partial charge in [-0.3, -0.25) is 9.59 Å². The Kier molecular flexibility index (Phi) is 2.06. The lowest BCUT2D eigenvalue weighted by Crippen LogP contribution is -2.06. The quantitative estimate of drug-likeness (QED) is 0.617. The highest BCUT2D eigenvalue weighted by Crippen LogP contribution is 1.98. The Morgan fingerprint density at radius 2 is 2.36 bits per heavy atom. The van der Waals surface area contributed by atoms with E-state index in [2.05, 4.69) is 9.72 Å². The summed E-state index contributed by atoms with van der Waals surface area (Å²) in [6.45, 7) is 0. The first-order valence-electron chi connectivity index (χ1n) is 3.00. The fourth-order valence-electron chi connectivity index (χ4n) is 0.702. The number of pyridine rings is 1. The molecule has 58 valence electrons. The van der Waals surface area contributed by atoms with Crippen LogP contribution in [-0.2, 0) is 0 Å². The van der Waals surface area contributed by atoms with Gasteiger partial charge in [0.05, 0.1) is 12.8 Å². The molecule has 0 aliphatic carbocycles. The Balaban J connectivity index is 3.20. The second kappa shape index (κ2) is 3.01. The predicted molar refractivity (Wildman–Crippen MR) is 39.0 cm³/mol. The van der Waals surface area contributed by atoms with Crippen molar-refractivity contribution in [2.24, 2.45) is 0 Å². The maximum atomic E-state index is 10.9. The van der Waals surface area contributed by atoms with Gasteiger partial charge in [0.15, 0.2) is 12.0 Å². The zero-order valence-corrected chi connectivity index (χ0v) is 5.96. The number of H-pyrrole nitrogens is 1. The van der Waals surface area contributed by atoms with Crippen molar-refractivity contribution in [1.29, 1.82) is 0 Å². The second-order valence-corrected chi connectivity index (χ2v) is 1.94. The summed E-state index contributed by atoms with van der Waals surface area (Å²) in [6, 6.07) is 1.19. The van der Waals surface area contributed by atoms with Gasteiger partial charge in [-0.25, -0.2) is 0 Å². The molecule has 1 aromatic heterocycles. The molecule has 1 rings (SSSR count).